The lowest BCUT2D eigenvalue weighted by Gasteiger charge is -2.23. The van der Waals surface area contributed by atoms with Crippen LogP contribution in [0.2, 0.25) is 0 Å². The summed E-state index contributed by atoms with van der Waals surface area (Å²) in [4.78, 5) is 0. The molecule has 0 amide bonds. The van der Waals surface area contributed by atoms with Gasteiger partial charge < -0.3 is 15.2 Å². The first kappa shape index (κ1) is 14.9. The summed E-state index contributed by atoms with van der Waals surface area (Å²) in [7, 11) is 1.66. The van der Waals surface area contributed by atoms with E-state index in [-0.39, 0.29) is 11.4 Å². The minimum absolute atomic E-state index is 0.248. The van der Waals surface area contributed by atoms with Crippen LogP contribution >= 0.6 is 0 Å². The molecule has 0 saturated carbocycles. The van der Waals surface area contributed by atoms with Crippen molar-refractivity contribution in [1.82, 2.24) is 0 Å². The molecule has 1 aromatic rings. The van der Waals surface area contributed by atoms with E-state index in [0.717, 1.165) is 6.42 Å². The molecule has 0 aromatic heterocycles. The van der Waals surface area contributed by atoms with Crippen LogP contribution in [0.3, 0.4) is 0 Å². The maximum Gasteiger partial charge on any atom is 0.131 e. The van der Waals surface area contributed by atoms with Crippen molar-refractivity contribution in [3.05, 3.63) is 29.6 Å². The lowest BCUT2D eigenvalue weighted by Crippen LogP contribution is -2.25. The molecule has 18 heavy (non-hydrogen) atoms. The van der Waals surface area contributed by atoms with Crippen LogP contribution in [-0.4, -0.2) is 19.3 Å². The van der Waals surface area contributed by atoms with E-state index in [2.05, 4.69) is 0 Å². The molecule has 1 aromatic carbocycles. The molecular formula is C14H22FNO2. The fourth-order valence-corrected chi connectivity index (χ4v) is 1.59. The second-order valence-electron chi connectivity index (χ2n) is 5.00. The van der Waals surface area contributed by atoms with Crippen molar-refractivity contribution >= 4 is 0 Å². The third-order valence-electron chi connectivity index (χ3n) is 2.98. The molecule has 0 heterocycles. The SMILES string of the molecule is COC(C)(C)CCOc1cccc(F)c1[C@H](C)N. The minimum atomic E-state index is -0.392. The van der Waals surface area contributed by atoms with Gasteiger partial charge in [-0.1, -0.05) is 6.07 Å². The lowest BCUT2D eigenvalue weighted by atomic mass is 10.1. The van der Waals surface area contributed by atoms with Gasteiger partial charge in [0, 0.05) is 25.1 Å². The van der Waals surface area contributed by atoms with E-state index < -0.39 is 6.04 Å². The van der Waals surface area contributed by atoms with Crippen molar-refractivity contribution in [3.63, 3.8) is 0 Å². The van der Waals surface area contributed by atoms with Crippen molar-refractivity contribution in [3.8, 4) is 5.75 Å². The summed E-state index contributed by atoms with van der Waals surface area (Å²) in [5.41, 5.74) is 5.93. The highest BCUT2D eigenvalue weighted by Gasteiger charge is 2.18. The zero-order chi connectivity index (χ0) is 13.8. The Hall–Kier alpha value is -1.13. The summed E-state index contributed by atoms with van der Waals surface area (Å²) in [6.07, 6.45) is 0.721. The monoisotopic (exact) mass is 255 g/mol. The molecule has 0 aliphatic rings. The van der Waals surface area contributed by atoms with Gasteiger partial charge in [-0.3, -0.25) is 0 Å². The van der Waals surface area contributed by atoms with Gasteiger partial charge in [0.2, 0.25) is 0 Å². The number of halogens is 1. The van der Waals surface area contributed by atoms with Crippen LogP contribution in [-0.2, 0) is 4.74 Å². The Morgan fingerprint density at radius 2 is 2.06 bits per heavy atom. The van der Waals surface area contributed by atoms with Gasteiger partial charge in [0.05, 0.1) is 12.2 Å². The van der Waals surface area contributed by atoms with Crippen molar-refractivity contribution in [2.24, 2.45) is 5.73 Å². The van der Waals surface area contributed by atoms with Gasteiger partial charge >= 0.3 is 0 Å². The molecule has 102 valence electrons. The Morgan fingerprint density at radius 1 is 1.39 bits per heavy atom. The number of nitrogens with two attached hydrogens (primary N) is 1. The maximum atomic E-state index is 13.6. The maximum absolute atomic E-state index is 13.6. The summed E-state index contributed by atoms with van der Waals surface area (Å²) < 4.78 is 24.6. The standard InChI is InChI=1S/C14H22FNO2/c1-10(16)13-11(15)6-5-7-12(13)18-9-8-14(2,3)17-4/h5-7,10H,8-9,16H2,1-4H3/t10-/m0/s1. The van der Waals surface area contributed by atoms with Gasteiger partial charge in [-0.15, -0.1) is 0 Å². The van der Waals surface area contributed by atoms with Gasteiger partial charge in [-0.2, -0.15) is 0 Å². The topological polar surface area (TPSA) is 44.5 Å². The Bertz CT molecular complexity index is 391. The number of methoxy groups -OCH3 is 1. The van der Waals surface area contributed by atoms with Gasteiger partial charge in [0.1, 0.15) is 11.6 Å². The van der Waals surface area contributed by atoms with Crippen LogP contribution in [0.5, 0.6) is 5.75 Å². The molecular weight excluding hydrogens is 233 g/mol. The average molecular weight is 255 g/mol. The summed E-state index contributed by atoms with van der Waals surface area (Å²) in [5, 5.41) is 0. The van der Waals surface area contributed by atoms with Crippen LogP contribution in [0, 0.1) is 5.82 Å². The van der Waals surface area contributed by atoms with Crippen molar-refractivity contribution in [2.75, 3.05) is 13.7 Å². The van der Waals surface area contributed by atoms with Gasteiger partial charge in [0.25, 0.3) is 0 Å². The molecule has 0 aliphatic carbocycles. The Balaban J connectivity index is 2.71. The molecule has 0 fully saturated rings. The Morgan fingerprint density at radius 3 is 2.61 bits per heavy atom. The number of ether oxygens (including phenoxy) is 2. The van der Waals surface area contributed by atoms with E-state index in [1.54, 1.807) is 26.2 Å². The molecule has 3 nitrogen and oxygen atoms in total. The third-order valence-corrected chi connectivity index (χ3v) is 2.98. The van der Waals surface area contributed by atoms with E-state index in [0.29, 0.717) is 17.9 Å². The molecule has 2 N–H and O–H groups in total. The number of benzene rings is 1. The Kier molecular flexibility index (Phi) is 5.11. The molecule has 0 spiro atoms. The number of rotatable bonds is 6. The first-order chi connectivity index (χ1) is 8.37. The van der Waals surface area contributed by atoms with Crippen molar-refractivity contribution in [2.45, 2.75) is 38.8 Å². The molecule has 1 atom stereocenters. The largest absolute Gasteiger partial charge is 0.493 e. The third kappa shape index (κ3) is 3.96. The summed E-state index contributed by atoms with van der Waals surface area (Å²) in [5.74, 6) is 0.186. The van der Waals surface area contributed by atoms with Crippen molar-refractivity contribution < 1.29 is 13.9 Å². The summed E-state index contributed by atoms with van der Waals surface area (Å²) in [6.45, 7) is 6.16. The predicted molar refractivity (Wildman–Crippen MR) is 70.2 cm³/mol. The van der Waals surface area contributed by atoms with Gasteiger partial charge in [-0.05, 0) is 32.9 Å². The normalized spacial score (nSPS) is 13.4. The number of hydrogen-bond acceptors (Lipinski definition) is 3. The van der Waals surface area contributed by atoms with Gasteiger partial charge in [0.15, 0.2) is 0 Å². The van der Waals surface area contributed by atoms with E-state index in [4.69, 9.17) is 15.2 Å². The van der Waals surface area contributed by atoms with Crippen LogP contribution in [0.25, 0.3) is 0 Å². The highest BCUT2D eigenvalue weighted by Crippen LogP contribution is 2.27. The molecule has 0 radical (unpaired) electrons. The average Bonchev–Trinajstić information content (AvgIpc) is 2.28. The van der Waals surface area contributed by atoms with E-state index >= 15 is 0 Å². The zero-order valence-corrected chi connectivity index (χ0v) is 11.5. The fourth-order valence-electron chi connectivity index (χ4n) is 1.59. The summed E-state index contributed by atoms with van der Waals surface area (Å²) >= 11 is 0. The first-order valence-electron chi connectivity index (χ1n) is 6.09. The molecule has 1 rings (SSSR count). The first-order valence-corrected chi connectivity index (χ1v) is 6.09. The summed E-state index contributed by atoms with van der Waals surface area (Å²) in [6, 6.07) is 4.36. The Labute approximate surface area is 108 Å². The van der Waals surface area contributed by atoms with Crippen molar-refractivity contribution in [1.29, 1.82) is 0 Å². The van der Waals surface area contributed by atoms with E-state index in [9.17, 15) is 4.39 Å². The van der Waals surface area contributed by atoms with Gasteiger partial charge in [-0.25, -0.2) is 4.39 Å². The zero-order valence-electron chi connectivity index (χ0n) is 11.5. The van der Waals surface area contributed by atoms with Crippen LogP contribution < -0.4 is 10.5 Å². The van der Waals surface area contributed by atoms with Crippen LogP contribution in [0.4, 0.5) is 4.39 Å². The predicted octanol–water partition coefficient (Wildman–Crippen LogP) is 3.04. The quantitative estimate of drug-likeness (QED) is 0.849. The molecule has 0 aliphatic heterocycles. The second-order valence-corrected chi connectivity index (χ2v) is 5.00. The molecule has 0 saturated heterocycles. The minimum Gasteiger partial charge on any atom is -0.493 e. The molecule has 4 heteroatoms. The second kappa shape index (κ2) is 6.16. The fraction of sp³-hybridized carbons (Fsp3) is 0.571. The number of hydrogen-bond donors (Lipinski definition) is 1. The lowest BCUT2D eigenvalue weighted by molar-refractivity contribution is 0.00534. The van der Waals surface area contributed by atoms with E-state index in [1.807, 2.05) is 13.8 Å². The highest BCUT2D eigenvalue weighted by atomic mass is 19.1. The molecule has 0 bridgehead atoms. The van der Waals surface area contributed by atoms with Crippen LogP contribution in [0.15, 0.2) is 18.2 Å². The molecule has 0 unspecified atom stereocenters. The van der Waals surface area contributed by atoms with E-state index in [1.165, 1.54) is 6.07 Å². The highest BCUT2D eigenvalue weighted by molar-refractivity contribution is 5.36. The smallest absolute Gasteiger partial charge is 0.131 e. The van der Waals surface area contributed by atoms with Crippen LogP contribution in [0.1, 0.15) is 38.8 Å².